The smallest absolute Gasteiger partial charge is 0.304 e. The van der Waals surface area contributed by atoms with Crippen LogP contribution in [0.2, 0.25) is 0 Å². The van der Waals surface area contributed by atoms with E-state index in [9.17, 15) is 9.36 Å². The quantitative estimate of drug-likeness (QED) is 0.423. The van der Waals surface area contributed by atoms with Gasteiger partial charge >= 0.3 is 7.60 Å². The molecular formula is C29H42N3O4P. The van der Waals surface area contributed by atoms with E-state index in [-0.39, 0.29) is 30.2 Å². The second-order valence-corrected chi connectivity index (χ2v) is 13.7. The maximum Gasteiger partial charge on any atom is 0.385 e. The second kappa shape index (κ2) is 10.6. The van der Waals surface area contributed by atoms with Crippen LogP contribution in [0.15, 0.2) is 29.1 Å². The van der Waals surface area contributed by atoms with Crippen molar-refractivity contribution >= 4 is 24.1 Å². The van der Waals surface area contributed by atoms with Crippen LogP contribution in [0.5, 0.6) is 0 Å². The third-order valence-corrected chi connectivity index (χ3v) is 11.5. The lowest BCUT2D eigenvalue weighted by molar-refractivity contribution is -0.0485. The molecule has 6 rings (SSSR count). The molecule has 4 fully saturated rings. The number of nitrogens with zero attached hydrogens (tertiary/aromatic N) is 3. The van der Waals surface area contributed by atoms with Crippen molar-refractivity contribution in [3.8, 4) is 0 Å². The predicted octanol–water partition coefficient (Wildman–Crippen LogP) is 5.81. The third-order valence-electron chi connectivity index (χ3n) is 9.53. The molecule has 2 saturated heterocycles. The summed E-state index contributed by atoms with van der Waals surface area (Å²) in [6.07, 6.45) is 14.0. The number of hydrogen-bond donors (Lipinski definition) is 0. The SMILES string of the molecule is CCOP(=O)(OCC)c1nc2ccccc2n(C2C[C@H]3CCC[C@@H](C2)N3C2C[C@H]3CCC[C@@H](C2)C3)c1=O. The van der Waals surface area contributed by atoms with E-state index in [1.54, 1.807) is 13.8 Å². The monoisotopic (exact) mass is 527 g/mol. The Kier molecular flexibility index (Phi) is 7.34. The van der Waals surface area contributed by atoms with E-state index in [1.165, 1.54) is 57.8 Å². The average molecular weight is 528 g/mol. The van der Waals surface area contributed by atoms with Crippen LogP contribution in [-0.2, 0) is 13.6 Å². The van der Waals surface area contributed by atoms with Crippen molar-refractivity contribution in [1.82, 2.24) is 14.5 Å². The van der Waals surface area contributed by atoms with Gasteiger partial charge < -0.3 is 13.6 Å². The molecule has 2 aliphatic heterocycles. The Balaban J connectivity index is 1.37. The third kappa shape index (κ3) is 4.75. The largest absolute Gasteiger partial charge is 0.385 e. The fraction of sp³-hybridized carbons (Fsp3) is 0.724. The molecule has 2 unspecified atom stereocenters. The summed E-state index contributed by atoms with van der Waals surface area (Å²) in [5, 5.41) is 0. The van der Waals surface area contributed by atoms with Gasteiger partial charge in [0.15, 0.2) is 0 Å². The maximum atomic E-state index is 14.1. The van der Waals surface area contributed by atoms with Gasteiger partial charge in [0.1, 0.15) is 0 Å². The maximum absolute atomic E-state index is 14.1. The van der Waals surface area contributed by atoms with Crippen LogP contribution < -0.4 is 11.0 Å². The summed E-state index contributed by atoms with van der Waals surface area (Å²) in [5.74, 6) is 1.83. The first-order chi connectivity index (χ1) is 18.0. The highest BCUT2D eigenvalue weighted by Gasteiger charge is 2.46. The average Bonchev–Trinajstić information content (AvgIpc) is 2.87. The van der Waals surface area contributed by atoms with Crippen LogP contribution in [0.4, 0.5) is 0 Å². The molecule has 2 aliphatic carbocycles. The fourth-order valence-electron chi connectivity index (χ4n) is 8.32. The molecule has 0 amide bonds. The number of para-hydroxylation sites is 2. The van der Waals surface area contributed by atoms with Crippen LogP contribution in [-0.4, -0.2) is 45.8 Å². The Labute approximate surface area is 220 Å². The number of piperidine rings is 2. The first kappa shape index (κ1) is 25.7. The molecule has 3 heterocycles. The van der Waals surface area contributed by atoms with E-state index in [0.29, 0.717) is 23.6 Å². The lowest BCUT2D eigenvalue weighted by atomic mass is 9.68. The van der Waals surface area contributed by atoms with Gasteiger partial charge in [-0.1, -0.05) is 37.8 Å². The molecule has 202 valence electrons. The molecule has 4 bridgehead atoms. The van der Waals surface area contributed by atoms with E-state index < -0.39 is 7.60 Å². The normalized spacial score (nSPS) is 32.5. The molecule has 1 aromatic carbocycles. The molecular weight excluding hydrogens is 485 g/mol. The van der Waals surface area contributed by atoms with Crippen LogP contribution in [0.3, 0.4) is 0 Å². The number of rotatable bonds is 7. The molecule has 2 aromatic rings. The van der Waals surface area contributed by atoms with Crippen molar-refractivity contribution in [2.45, 2.75) is 109 Å². The second-order valence-electron chi connectivity index (χ2n) is 11.8. The molecule has 6 atom stereocenters. The van der Waals surface area contributed by atoms with E-state index >= 15 is 0 Å². The van der Waals surface area contributed by atoms with Crippen molar-refractivity contribution in [2.24, 2.45) is 11.8 Å². The molecule has 1 aromatic heterocycles. The van der Waals surface area contributed by atoms with Gasteiger partial charge in [0, 0.05) is 24.2 Å². The summed E-state index contributed by atoms with van der Waals surface area (Å²) in [4.78, 5) is 21.6. The Morgan fingerprint density at radius 3 is 2.11 bits per heavy atom. The summed E-state index contributed by atoms with van der Waals surface area (Å²) < 4.78 is 26.8. The number of aromatic nitrogens is 2. The van der Waals surface area contributed by atoms with Crippen LogP contribution in [0, 0.1) is 11.8 Å². The number of fused-ring (bicyclic) bond motifs is 5. The van der Waals surface area contributed by atoms with E-state index in [0.717, 1.165) is 30.2 Å². The minimum absolute atomic E-state index is 0.0606. The summed E-state index contributed by atoms with van der Waals surface area (Å²) >= 11 is 0. The molecule has 37 heavy (non-hydrogen) atoms. The zero-order valence-electron chi connectivity index (χ0n) is 22.4. The van der Waals surface area contributed by atoms with Gasteiger partial charge in [-0.15, -0.1) is 0 Å². The van der Waals surface area contributed by atoms with Crippen molar-refractivity contribution < 1.29 is 13.6 Å². The first-order valence-electron chi connectivity index (χ1n) is 14.7. The fourth-order valence-corrected chi connectivity index (χ4v) is 9.89. The first-order valence-corrected chi connectivity index (χ1v) is 16.2. The van der Waals surface area contributed by atoms with Gasteiger partial charge in [-0.3, -0.25) is 14.3 Å². The van der Waals surface area contributed by atoms with Gasteiger partial charge in [-0.2, -0.15) is 0 Å². The van der Waals surface area contributed by atoms with Gasteiger partial charge in [0.05, 0.1) is 24.2 Å². The molecule has 0 N–H and O–H groups in total. The molecule has 7 nitrogen and oxygen atoms in total. The molecule has 2 saturated carbocycles. The standard InChI is InChI=1S/C29H42N3O4P/c1-3-35-37(34,36-4-2)28-29(33)32(27-14-6-5-13-26(27)30-28)25-18-22-11-8-12-23(19-25)31(22)24-16-20-9-7-10-21(15-20)17-24/h5-6,13-14,20-25H,3-4,7-12,15-19H2,1-2H3/t20-,21+,22-,23+,24?,25?. The highest BCUT2D eigenvalue weighted by molar-refractivity contribution is 7.61. The van der Waals surface area contributed by atoms with E-state index in [1.807, 2.05) is 28.8 Å². The van der Waals surface area contributed by atoms with Gasteiger partial charge in [0.25, 0.3) is 5.56 Å². The Morgan fingerprint density at radius 2 is 1.46 bits per heavy atom. The number of benzene rings is 1. The summed E-state index contributed by atoms with van der Waals surface area (Å²) in [6.45, 7) is 3.91. The van der Waals surface area contributed by atoms with Gasteiger partial charge in [0.2, 0.25) is 5.44 Å². The molecule has 0 radical (unpaired) electrons. The highest BCUT2D eigenvalue weighted by atomic mass is 31.2. The van der Waals surface area contributed by atoms with Crippen molar-refractivity contribution in [3.05, 3.63) is 34.6 Å². The minimum atomic E-state index is -3.82. The summed E-state index contributed by atoms with van der Waals surface area (Å²) in [7, 11) is -3.82. The Morgan fingerprint density at radius 1 is 0.838 bits per heavy atom. The molecule has 8 heteroatoms. The van der Waals surface area contributed by atoms with E-state index in [4.69, 9.17) is 9.05 Å². The number of hydrogen-bond acceptors (Lipinski definition) is 6. The van der Waals surface area contributed by atoms with Gasteiger partial charge in [-0.05, 0) is 82.8 Å². The van der Waals surface area contributed by atoms with Crippen molar-refractivity contribution in [3.63, 3.8) is 0 Å². The van der Waals surface area contributed by atoms with Crippen molar-refractivity contribution in [1.29, 1.82) is 0 Å². The minimum Gasteiger partial charge on any atom is -0.304 e. The van der Waals surface area contributed by atoms with Crippen molar-refractivity contribution in [2.75, 3.05) is 13.2 Å². The predicted molar refractivity (Wildman–Crippen MR) is 147 cm³/mol. The zero-order chi connectivity index (χ0) is 25.6. The zero-order valence-corrected chi connectivity index (χ0v) is 23.3. The summed E-state index contributed by atoms with van der Waals surface area (Å²) in [6, 6.07) is 9.53. The van der Waals surface area contributed by atoms with Crippen LogP contribution in [0.25, 0.3) is 11.0 Å². The molecule has 0 spiro atoms. The Hall–Kier alpha value is -1.53. The summed E-state index contributed by atoms with van der Waals surface area (Å²) in [5.41, 5.74) is 1.11. The lowest BCUT2D eigenvalue weighted by Gasteiger charge is -2.55. The topological polar surface area (TPSA) is 73.7 Å². The van der Waals surface area contributed by atoms with Crippen LogP contribution in [0.1, 0.15) is 90.5 Å². The lowest BCUT2D eigenvalue weighted by Crippen LogP contribution is -2.59. The highest BCUT2D eigenvalue weighted by Crippen LogP contribution is 2.48. The Bertz CT molecular complexity index is 1200. The van der Waals surface area contributed by atoms with Gasteiger partial charge in [-0.25, -0.2) is 4.98 Å². The van der Waals surface area contributed by atoms with E-state index in [2.05, 4.69) is 9.88 Å². The molecule has 4 aliphatic rings. The van der Waals surface area contributed by atoms with Crippen LogP contribution >= 0.6 is 7.60 Å².